The van der Waals surface area contributed by atoms with Crippen molar-refractivity contribution in [3.63, 3.8) is 0 Å². The molecule has 1 atom stereocenters. The molecule has 3 aromatic rings. The zero-order valence-electron chi connectivity index (χ0n) is 15.1. The number of amides is 1. The molecule has 4 rings (SSSR count). The minimum absolute atomic E-state index is 0.0139. The third-order valence-electron chi connectivity index (χ3n) is 4.89. The summed E-state index contributed by atoms with van der Waals surface area (Å²) in [7, 11) is -3.65. The molecule has 1 aliphatic carbocycles. The maximum atomic E-state index is 12.6. The molecule has 0 fully saturated rings. The van der Waals surface area contributed by atoms with E-state index in [9.17, 15) is 13.2 Å². The maximum Gasteiger partial charge on any atom is 0.261 e. The Morgan fingerprint density at radius 1 is 0.857 bits per heavy atom. The van der Waals surface area contributed by atoms with Gasteiger partial charge in [0.05, 0.1) is 10.9 Å². The van der Waals surface area contributed by atoms with E-state index in [0.717, 1.165) is 12.8 Å². The van der Waals surface area contributed by atoms with Crippen LogP contribution in [-0.2, 0) is 16.4 Å². The van der Waals surface area contributed by atoms with Crippen molar-refractivity contribution in [1.29, 1.82) is 0 Å². The lowest BCUT2D eigenvalue weighted by Crippen LogP contribution is -2.27. The number of nitrogens with one attached hydrogen (secondary N) is 2. The van der Waals surface area contributed by atoms with Gasteiger partial charge in [0, 0.05) is 11.3 Å². The fraction of sp³-hybridized carbons (Fsp3) is 0.136. The summed E-state index contributed by atoms with van der Waals surface area (Å²) in [4.78, 5) is 12.8. The van der Waals surface area contributed by atoms with Crippen LogP contribution in [-0.4, -0.2) is 14.3 Å². The molecule has 0 heterocycles. The summed E-state index contributed by atoms with van der Waals surface area (Å²) < 4.78 is 27.3. The van der Waals surface area contributed by atoms with Crippen molar-refractivity contribution in [2.24, 2.45) is 0 Å². The van der Waals surface area contributed by atoms with E-state index < -0.39 is 10.0 Å². The standard InChI is InChI=1S/C22H20N2O3S/c25-22(23-21-15-12-16-6-4-5-9-20(16)21)17-10-13-18(14-11-17)24-28(26,27)19-7-2-1-3-8-19/h1-11,13-14,21,24H,12,15H2,(H,23,25). The number of fused-ring (bicyclic) bond motifs is 1. The smallest absolute Gasteiger partial charge is 0.261 e. The van der Waals surface area contributed by atoms with Crippen molar-refractivity contribution in [2.75, 3.05) is 4.72 Å². The second-order valence-electron chi connectivity index (χ2n) is 6.76. The zero-order valence-corrected chi connectivity index (χ0v) is 15.9. The van der Waals surface area contributed by atoms with Gasteiger partial charge in [0.25, 0.3) is 15.9 Å². The van der Waals surface area contributed by atoms with E-state index >= 15 is 0 Å². The van der Waals surface area contributed by atoms with Gasteiger partial charge in [-0.15, -0.1) is 0 Å². The molecule has 0 spiro atoms. The van der Waals surface area contributed by atoms with Crippen LogP contribution in [0.1, 0.15) is 33.9 Å². The van der Waals surface area contributed by atoms with Crippen molar-refractivity contribution in [1.82, 2.24) is 5.32 Å². The Kier molecular flexibility index (Phi) is 4.88. The molecular weight excluding hydrogens is 372 g/mol. The van der Waals surface area contributed by atoms with Crippen molar-refractivity contribution in [3.05, 3.63) is 95.6 Å². The average molecular weight is 392 g/mol. The largest absolute Gasteiger partial charge is 0.345 e. The zero-order chi connectivity index (χ0) is 19.6. The molecule has 2 N–H and O–H groups in total. The van der Waals surface area contributed by atoms with Gasteiger partial charge in [-0.3, -0.25) is 9.52 Å². The summed E-state index contributed by atoms with van der Waals surface area (Å²) in [5.41, 5.74) is 3.35. The number of hydrogen-bond donors (Lipinski definition) is 2. The molecule has 28 heavy (non-hydrogen) atoms. The van der Waals surface area contributed by atoms with Crippen LogP contribution in [0.15, 0.2) is 83.8 Å². The van der Waals surface area contributed by atoms with Crippen LogP contribution >= 0.6 is 0 Å². The number of hydrogen-bond acceptors (Lipinski definition) is 3. The van der Waals surface area contributed by atoms with Crippen LogP contribution in [0.3, 0.4) is 0 Å². The monoisotopic (exact) mass is 392 g/mol. The molecule has 0 aliphatic heterocycles. The molecule has 5 nitrogen and oxygen atoms in total. The first-order valence-corrected chi connectivity index (χ1v) is 10.6. The normalized spacial score (nSPS) is 15.6. The van der Waals surface area contributed by atoms with E-state index in [2.05, 4.69) is 22.2 Å². The van der Waals surface area contributed by atoms with E-state index in [1.165, 1.54) is 23.3 Å². The molecular formula is C22H20N2O3S. The number of sulfonamides is 1. The van der Waals surface area contributed by atoms with Gasteiger partial charge < -0.3 is 5.32 Å². The number of carbonyl (C=O) groups is 1. The fourth-order valence-corrected chi connectivity index (χ4v) is 4.53. The van der Waals surface area contributed by atoms with Gasteiger partial charge >= 0.3 is 0 Å². The van der Waals surface area contributed by atoms with Crippen LogP contribution in [0.4, 0.5) is 5.69 Å². The van der Waals surface area contributed by atoms with E-state index in [0.29, 0.717) is 11.3 Å². The Morgan fingerprint density at radius 3 is 2.29 bits per heavy atom. The van der Waals surface area contributed by atoms with Crippen molar-refractivity contribution in [2.45, 2.75) is 23.8 Å². The first-order chi connectivity index (χ1) is 13.5. The summed E-state index contributed by atoms with van der Waals surface area (Å²) in [5.74, 6) is -0.167. The van der Waals surface area contributed by atoms with Gasteiger partial charge in [-0.1, -0.05) is 42.5 Å². The lowest BCUT2D eigenvalue weighted by molar-refractivity contribution is 0.0936. The van der Waals surface area contributed by atoms with Crippen molar-refractivity contribution in [3.8, 4) is 0 Å². The fourth-order valence-electron chi connectivity index (χ4n) is 3.45. The summed E-state index contributed by atoms with van der Waals surface area (Å²) in [6.45, 7) is 0. The Morgan fingerprint density at radius 2 is 1.54 bits per heavy atom. The lowest BCUT2D eigenvalue weighted by Gasteiger charge is -2.14. The van der Waals surface area contributed by atoms with Gasteiger partial charge in [0.2, 0.25) is 0 Å². The van der Waals surface area contributed by atoms with Crippen LogP contribution in [0, 0.1) is 0 Å². The van der Waals surface area contributed by atoms with Crippen molar-refractivity contribution < 1.29 is 13.2 Å². The Balaban J connectivity index is 1.44. The molecule has 0 saturated heterocycles. The molecule has 3 aromatic carbocycles. The molecule has 1 aliphatic rings. The number of anilines is 1. The maximum absolute atomic E-state index is 12.6. The van der Waals surface area contributed by atoms with Gasteiger partial charge in [0.15, 0.2) is 0 Å². The van der Waals surface area contributed by atoms with E-state index in [1.807, 2.05) is 12.1 Å². The molecule has 1 unspecified atom stereocenters. The van der Waals surface area contributed by atoms with E-state index in [4.69, 9.17) is 0 Å². The Hall–Kier alpha value is -3.12. The molecule has 0 aromatic heterocycles. The summed E-state index contributed by atoms with van der Waals surface area (Å²) in [5, 5.41) is 3.07. The number of benzene rings is 3. The second-order valence-corrected chi connectivity index (χ2v) is 8.44. The Labute approximate surface area is 164 Å². The van der Waals surface area contributed by atoms with Crippen LogP contribution in [0.5, 0.6) is 0 Å². The van der Waals surface area contributed by atoms with Gasteiger partial charge in [-0.2, -0.15) is 0 Å². The number of carbonyl (C=O) groups excluding carboxylic acids is 1. The van der Waals surface area contributed by atoms with Crippen LogP contribution in [0.2, 0.25) is 0 Å². The average Bonchev–Trinajstić information content (AvgIpc) is 3.12. The summed E-state index contributed by atoms with van der Waals surface area (Å²) >= 11 is 0. The SMILES string of the molecule is O=C(NC1CCc2ccccc21)c1ccc(NS(=O)(=O)c2ccccc2)cc1. The minimum atomic E-state index is -3.65. The highest BCUT2D eigenvalue weighted by Crippen LogP contribution is 2.31. The topological polar surface area (TPSA) is 75.3 Å². The second kappa shape index (κ2) is 7.48. The highest BCUT2D eigenvalue weighted by molar-refractivity contribution is 7.92. The molecule has 0 radical (unpaired) electrons. The predicted molar refractivity (Wildman–Crippen MR) is 109 cm³/mol. The predicted octanol–water partition coefficient (Wildman–Crippen LogP) is 3.90. The molecule has 142 valence electrons. The van der Waals surface area contributed by atoms with Crippen LogP contribution < -0.4 is 10.0 Å². The van der Waals surface area contributed by atoms with Gasteiger partial charge in [0.1, 0.15) is 0 Å². The van der Waals surface area contributed by atoms with Crippen LogP contribution in [0.25, 0.3) is 0 Å². The highest BCUT2D eigenvalue weighted by Gasteiger charge is 2.23. The minimum Gasteiger partial charge on any atom is -0.345 e. The molecule has 1 amide bonds. The number of aryl methyl sites for hydroxylation is 1. The van der Waals surface area contributed by atoms with E-state index in [-0.39, 0.29) is 16.8 Å². The molecule has 0 bridgehead atoms. The Bertz CT molecular complexity index is 1090. The van der Waals surface area contributed by atoms with E-state index in [1.54, 1.807) is 42.5 Å². The highest BCUT2D eigenvalue weighted by atomic mass is 32.2. The van der Waals surface area contributed by atoms with Crippen molar-refractivity contribution >= 4 is 21.6 Å². The summed E-state index contributed by atoms with van der Waals surface area (Å²) in [6.07, 6.45) is 1.85. The summed E-state index contributed by atoms with van der Waals surface area (Å²) in [6, 6.07) is 22.8. The third-order valence-corrected chi connectivity index (χ3v) is 6.29. The lowest BCUT2D eigenvalue weighted by atomic mass is 10.1. The molecule has 0 saturated carbocycles. The first-order valence-electron chi connectivity index (χ1n) is 9.09. The number of rotatable bonds is 5. The molecule has 6 heteroatoms. The first kappa shape index (κ1) is 18.3. The van der Waals surface area contributed by atoms with Gasteiger partial charge in [-0.05, 0) is 60.4 Å². The quantitative estimate of drug-likeness (QED) is 0.691. The van der Waals surface area contributed by atoms with Gasteiger partial charge in [-0.25, -0.2) is 8.42 Å². The third kappa shape index (κ3) is 3.77.